The van der Waals surface area contributed by atoms with E-state index in [1.807, 2.05) is 12.4 Å². The third kappa shape index (κ3) is 1.77. The van der Waals surface area contributed by atoms with Gasteiger partial charge in [0.25, 0.3) is 0 Å². The predicted octanol–water partition coefficient (Wildman–Crippen LogP) is 3.16. The van der Waals surface area contributed by atoms with Crippen molar-refractivity contribution < 1.29 is 0 Å². The highest BCUT2D eigenvalue weighted by Gasteiger charge is 2.02. The lowest BCUT2D eigenvalue weighted by atomic mass is 10.1. The first-order valence-corrected chi connectivity index (χ1v) is 5.38. The molecule has 0 saturated carbocycles. The zero-order chi connectivity index (χ0) is 9.97. The van der Waals surface area contributed by atoms with Crippen molar-refractivity contribution in [3.8, 4) is 10.6 Å². The summed E-state index contributed by atoms with van der Waals surface area (Å²) in [6, 6.07) is 8.39. The number of benzene rings is 1. The molecule has 3 heteroatoms. The highest BCUT2D eigenvalue weighted by atomic mass is 32.1. The quantitative estimate of drug-likeness (QED) is 0.812. The molecule has 1 aromatic carbocycles. The van der Waals surface area contributed by atoms with Crippen LogP contribution in [-0.4, -0.2) is 12.0 Å². The van der Waals surface area contributed by atoms with Gasteiger partial charge in [0.1, 0.15) is 10.8 Å². The topological polar surface area (TPSA) is 24.9 Å². The average Bonchev–Trinajstić information content (AvgIpc) is 2.66. The molecule has 1 aromatic heterocycles. The maximum absolute atomic E-state index is 4.45. The molecule has 1 N–H and O–H groups in total. The van der Waals surface area contributed by atoms with Crippen LogP contribution in [0.25, 0.3) is 10.6 Å². The van der Waals surface area contributed by atoms with Gasteiger partial charge < -0.3 is 5.32 Å². The van der Waals surface area contributed by atoms with Crippen LogP contribution in [0.2, 0.25) is 0 Å². The summed E-state index contributed by atoms with van der Waals surface area (Å²) in [5, 5.41) is 6.12. The number of anilines is 1. The molecule has 0 aliphatic rings. The highest BCUT2D eigenvalue weighted by Crippen LogP contribution is 2.25. The van der Waals surface area contributed by atoms with Crippen LogP contribution in [0, 0.1) is 6.92 Å². The molecule has 0 aliphatic carbocycles. The Morgan fingerprint density at radius 3 is 2.86 bits per heavy atom. The number of aryl methyl sites for hydroxylation is 1. The summed E-state index contributed by atoms with van der Waals surface area (Å²) >= 11 is 1.66. The normalized spacial score (nSPS) is 10.1. The van der Waals surface area contributed by atoms with Crippen LogP contribution in [0.1, 0.15) is 5.56 Å². The standard InChI is InChI=1S/C11H12N2S/c1-8-4-3-5-9(6-8)11-13-10(12-2)7-14-11/h3-7,12H,1-2H3. The van der Waals surface area contributed by atoms with E-state index in [0.717, 1.165) is 10.8 Å². The summed E-state index contributed by atoms with van der Waals surface area (Å²) in [6.07, 6.45) is 0. The molecular weight excluding hydrogens is 192 g/mol. The Hall–Kier alpha value is -1.35. The maximum Gasteiger partial charge on any atom is 0.137 e. The van der Waals surface area contributed by atoms with Crippen LogP contribution < -0.4 is 5.32 Å². The minimum atomic E-state index is 0.937. The Morgan fingerprint density at radius 1 is 1.36 bits per heavy atom. The van der Waals surface area contributed by atoms with E-state index in [0.29, 0.717) is 0 Å². The molecule has 2 aromatic rings. The Bertz CT molecular complexity index is 434. The van der Waals surface area contributed by atoms with Gasteiger partial charge in [0.05, 0.1) is 0 Å². The molecule has 0 unspecified atom stereocenters. The molecule has 0 fully saturated rings. The first-order chi connectivity index (χ1) is 6.79. The lowest BCUT2D eigenvalue weighted by Crippen LogP contribution is -1.86. The second kappa shape index (κ2) is 3.80. The fourth-order valence-electron chi connectivity index (χ4n) is 1.30. The largest absolute Gasteiger partial charge is 0.372 e. The third-order valence-corrected chi connectivity index (χ3v) is 2.92. The van der Waals surface area contributed by atoms with Crippen LogP contribution in [0.15, 0.2) is 29.6 Å². The molecular formula is C11H12N2S. The minimum Gasteiger partial charge on any atom is -0.372 e. The molecule has 0 spiro atoms. The SMILES string of the molecule is CNc1csc(-c2cccc(C)c2)n1. The van der Waals surface area contributed by atoms with Crippen molar-refractivity contribution in [1.29, 1.82) is 0 Å². The van der Waals surface area contributed by atoms with Crippen LogP contribution in [0.5, 0.6) is 0 Å². The Labute approximate surface area is 87.6 Å². The average molecular weight is 204 g/mol. The van der Waals surface area contributed by atoms with Crippen LogP contribution >= 0.6 is 11.3 Å². The second-order valence-corrected chi connectivity index (χ2v) is 4.02. The van der Waals surface area contributed by atoms with E-state index in [4.69, 9.17) is 0 Å². The van der Waals surface area contributed by atoms with E-state index < -0.39 is 0 Å². The lowest BCUT2D eigenvalue weighted by molar-refractivity contribution is 1.34. The van der Waals surface area contributed by atoms with Crippen molar-refractivity contribution in [1.82, 2.24) is 4.98 Å². The van der Waals surface area contributed by atoms with Gasteiger partial charge in [0, 0.05) is 18.0 Å². The number of thiazole rings is 1. The number of nitrogens with one attached hydrogen (secondary N) is 1. The van der Waals surface area contributed by atoms with Gasteiger partial charge in [-0.25, -0.2) is 4.98 Å². The summed E-state index contributed by atoms with van der Waals surface area (Å²) in [4.78, 5) is 4.45. The van der Waals surface area contributed by atoms with E-state index >= 15 is 0 Å². The van der Waals surface area contributed by atoms with Gasteiger partial charge in [0.2, 0.25) is 0 Å². The van der Waals surface area contributed by atoms with Crippen molar-refractivity contribution in [3.63, 3.8) is 0 Å². The van der Waals surface area contributed by atoms with Crippen molar-refractivity contribution in [2.45, 2.75) is 6.92 Å². The summed E-state index contributed by atoms with van der Waals surface area (Å²) in [6.45, 7) is 2.09. The highest BCUT2D eigenvalue weighted by molar-refractivity contribution is 7.13. The Kier molecular flexibility index (Phi) is 2.50. The van der Waals surface area contributed by atoms with Gasteiger partial charge >= 0.3 is 0 Å². The summed E-state index contributed by atoms with van der Waals surface area (Å²) in [7, 11) is 1.88. The number of hydrogen-bond donors (Lipinski definition) is 1. The lowest BCUT2D eigenvalue weighted by Gasteiger charge is -1.97. The third-order valence-electron chi connectivity index (χ3n) is 2.03. The second-order valence-electron chi connectivity index (χ2n) is 3.16. The molecule has 0 saturated heterocycles. The smallest absolute Gasteiger partial charge is 0.137 e. The van der Waals surface area contributed by atoms with Crippen LogP contribution in [0.3, 0.4) is 0 Å². The fraction of sp³-hybridized carbons (Fsp3) is 0.182. The van der Waals surface area contributed by atoms with E-state index in [-0.39, 0.29) is 0 Å². The summed E-state index contributed by atoms with van der Waals surface area (Å²) < 4.78 is 0. The summed E-state index contributed by atoms with van der Waals surface area (Å²) in [5.74, 6) is 0.937. The van der Waals surface area contributed by atoms with Gasteiger partial charge in [-0.05, 0) is 13.0 Å². The van der Waals surface area contributed by atoms with Gasteiger partial charge in [-0.15, -0.1) is 11.3 Å². The Morgan fingerprint density at radius 2 is 2.21 bits per heavy atom. The fourth-order valence-corrected chi connectivity index (χ4v) is 2.11. The van der Waals surface area contributed by atoms with Crippen LogP contribution in [0.4, 0.5) is 5.82 Å². The molecule has 0 bridgehead atoms. The predicted molar refractivity (Wildman–Crippen MR) is 61.8 cm³/mol. The summed E-state index contributed by atoms with van der Waals surface area (Å²) in [5.41, 5.74) is 2.46. The molecule has 0 aliphatic heterocycles. The first-order valence-electron chi connectivity index (χ1n) is 4.50. The first kappa shape index (κ1) is 9.21. The van der Waals surface area contributed by atoms with Crippen molar-refractivity contribution in [3.05, 3.63) is 35.2 Å². The van der Waals surface area contributed by atoms with Crippen LogP contribution in [-0.2, 0) is 0 Å². The van der Waals surface area contributed by atoms with Gasteiger partial charge in [-0.2, -0.15) is 0 Å². The molecule has 72 valence electrons. The Balaban J connectivity index is 2.39. The van der Waals surface area contributed by atoms with Crippen molar-refractivity contribution in [2.75, 3.05) is 12.4 Å². The maximum atomic E-state index is 4.45. The van der Waals surface area contributed by atoms with E-state index in [9.17, 15) is 0 Å². The molecule has 1 heterocycles. The molecule has 2 nitrogen and oxygen atoms in total. The van der Waals surface area contributed by atoms with Gasteiger partial charge in [0.15, 0.2) is 0 Å². The number of rotatable bonds is 2. The molecule has 14 heavy (non-hydrogen) atoms. The monoisotopic (exact) mass is 204 g/mol. The van der Waals surface area contributed by atoms with Gasteiger partial charge in [-0.1, -0.05) is 23.8 Å². The molecule has 0 radical (unpaired) electrons. The van der Waals surface area contributed by atoms with Crippen molar-refractivity contribution in [2.24, 2.45) is 0 Å². The van der Waals surface area contributed by atoms with E-state index in [2.05, 4.69) is 41.5 Å². The van der Waals surface area contributed by atoms with E-state index in [1.165, 1.54) is 11.1 Å². The zero-order valence-electron chi connectivity index (χ0n) is 8.24. The van der Waals surface area contributed by atoms with E-state index in [1.54, 1.807) is 11.3 Å². The van der Waals surface area contributed by atoms with Gasteiger partial charge in [-0.3, -0.25) is 0 Å². The molecule has 0 atom stereocenters. The number of nitrogens with zero attached hydrogens (tertiary/aromatic N) is 1. The van der Waals surface area contributed by atoms with Crippen molar-refractivity contribution >= 4 is 17.2 Å². The molecule has 2 rings (SSSR count). The number of hydrogen-bond acceptors (Lipinski definition) is 3. The minimum absolute atomic E-state index is 0.937. The zero-order valence-corrected chi connectivity index (χ0v) is 9.06. The molecule has 0 amide bonds. The number of aromatic nitrogens is 1.